The van der Waals surface area contributed by atoms with Gasteiger partial charge in [-0.05, 0) is 57.0 Å². The lowest BCUT2D eigenvalue weighted by molar-refractivity contribution is 0.207. The molecule has 2 aromatic rings. The first kappa shape index (κ1) is 15.0. The molecule has 0 bridgehead atoms. The van der Waals surface area contributed by atoms with Crippen LogP contribution in [0.2, 0.25) is 0 Å². The third kappa shape index (κ3) is 3.30. The van der Waals surface area contributed by atoms with Crippen LogP contribution >= 0.6 is 0 Å². The Morgan fingerprint density at radius 1 is 1.18 bits per heavy atom. The van der Waals surface area contributed by atoms with E-state index >= 15 is 0 Å². The van der Waals surface area contributed by atoms with Crippen LogP contribution in [0.1, 0.15) is 18.5 Å². The number of hydrogen-bond acceptors (Lipinski definition) is 5. The monoisotopic (exact) mass is 300 g/mol. The molecule has 118 valence electrons. The molecular formula is C17H24N4O. The van der Waals surface area contributed by atoms with Crippen LogP contribution < -0.4 is 15.0 Å². The quantitative estimate of drug-likeness (QED) is 0.939. The largest absolute Gasteiger partial charge is 0.476 e. The highest BCUT2D eigenvalue weighted by atomic mass is 16.5. The molecule has 1 N–H and O–H groups in total. The van der Waals surface area contributed by atoms with Gasteiger partial charge in [-0.25, -0.2) is 9.97 Å². The zero-order valence-electron chi connectivity index (χ0n) is 13.6. The standard InChI is InChI=1S/C17H24N4O/c1-12-17(22-11-13-6-8-18-9-7-13)20-16-10-14(21(2)3)4-5-15(16)19-12/h4-5,10,13,18H,6-9,11H2,1-3H3. The van der Waals surface area contributed by atoms with Crippen molar-refractivity contribution in [2.24, 2.45) is 5.92 Å². The highest BCUT2D eigenvalue weighted by molar-refractivity contribution is 5.79. The van der Waals surface area contributed by atoms with E-state index in [1.165, 1.54) is 12.8 Å². The molecule has 1 aromatic carbocycles. The second-order valence-electron chi connectivity index (χ2n) is 6.19. The second-order valence-corrected chi connectivity index (χ2v) is 6.19. The van der Waals surface area contributed by atoms with E-state index in [4.69, 9.17) is 4.74 Å². The second kappa shape index (κ2) is 6.48. The van der Waals surface area contributed by atoms with Crippen molar-refractivity contribution in [3.05, 3.63) is 23.9 Å². The van der Waals surface area contributed by atoms with Crippen LogP contribution in [0.3, 0.4) is 0 Å². The van der Waals surface area contributed by atoms with Gasteiger partial charge in [0, 0.05) is 19.8 Å². The number of hydrogen-bond donors (Lipinski definition) is 1. The summed E-state index contributed by atoms with van der Waals surface area (Å²) in [6.45, 7) is 4.87. The molecule has 0 amide bonds. The van der Waals surface area contributed by atoms with Crippen LogP contribution in [0.4, 0.5) is 5.69 Å². The SMILES string of the molecule is Cc1nc2ccc(N(C)C)cc2nc1OCC1CCNCC1. The van der Waals surface area contributed by atoms with Gasteiger partial charge >= 0.3 is 0 Å². The van der Waals surface area contributed by atoms with Gasteiger partial charge in [0.15, 0.2) is 0 Å². The van der Waals surface area contributed by atoms with Gasteiger partial charge in [0.05, 0.1) is 17.6 Å². The third-order valence-corrected chi connectivity index (χ3v) is 4.21. The fraction of sp³-hybridized carbons (Fsp3) is 0.529. The number of nitrogens with one attached hydrogen (secondary N) is 1. The third-order valence-electron chi connectivity index (χ3n) is 4.21. The number of aromatic nitrogens is 2. The topological polar surface area (TPSA) is 50.3 Å². The van der Waals surface area contributed by atoms with Crippen LogP contribution in [0, 0.1) is 12.8 Å². The Hall–Kier alpha value is -1.88. The van der Waals surface area contributed by atoms with Crippen molar-refractivity contribution in [1.82, 2.24) is 15.3 Å². The van der Waals surface area contributed by atoms with E-state index in [-0.39, 0.29) is 0 Å². The summed E-state index contributed by atoms with van der Waals surface area (Å²) in [6, 6.07) is 6.13. The molecule has 5 nitrogen and oxygen atoms in total. The molecule has 1 aliphatic rings. The molecule has 2 heterocycles. The predicted molar refractivity (Wildman–Crippen MR) is 89.7 cm³/mol. The minimum atomic E-state index is 0.617. The van der Waals surface area contributed by atoms with E-state index in [1.807, 2.05) is 27.1 Å². The van der Waals surface area contributed by atoms with Crippen molar-refractivity contribution >= 4 is 16.7 Å². The van der Waals surface area contributed by atoms with Gasteiger partial charge in [-0.2, -0.15) is 0 Å². The highest BCUT2D eigenvalue weighted by Gasteiger charge is 2.15. The van der Waals surface area contributed by atoms with E-state index in [1.54, 1.807) is 0 Å². The molecule has 1 saturated heterocycles. The van der Waals surface area contributed by atoms with E-state index in [9.17, 15) is 0 Å². The Morgan fingerprint density at radius 2 is 1.95 bits per heavy atom. The zero-order chi connectivity index (χ0) is 15.5. The Morgan fingerprint density at radius 3 is 2.68 bits per heavy atom. The number of rotatable bonds is 4. The number of fused-ring (bicyclic) bond motifs is 1. The molecule has 0 saturated carbocycles. The number of nitrogens with zero attached hydrogens (tertiary/aromatic N) is 3. The average molecular weight is 300 g/mol. The molecule has 0 aliphatic carbocycles. The van der Waals surface area contributed by atoms with Crippen molar-refractivity contribution in [2.45, 2.75) is 19.8 Å². The molecule has 1 fully saturated rings. The summed E-state index contributed by atoms with van der Waals surface area (Å²) in [7, 11) is 4.05. The molecule has 5 heteroatoms. The number of aryl methyl sites for hydroxylation is 1. The Labute approximate surface area is 131 Å². The maximum atomic E-state index is 5.97. The molecule has 0 atom stereocenters. The maximum Gasteiger partial charge on any atom is 0.235 e. The smallest absolute Gasteiger partial charge is 0.235 e. The van der Waals surface area contributed by atoms with Gasteiger partial charge in [-0.3, -0.25) is 0 Å². The van der Waals surface area contributed by atoms with Gasteiger partial charge in [0.2, 0.25) is 5.88 Å². The summed E-state index contributed by atoms with van der Waals surface area (Å²) in [5.41, 5.74) is 3.78. The molecule has 22 heavy (non-hydrogen) atoms. The number of benzene rings is 1. The van der Waals surface area contributed by atoms with Crippen LogP contribution in [-0.2, 0) is 0 Å². The normalized spacial score (nSPS) is 16.0. The van der Waals surface area contributed by atoms with Crippen LogP contribution in [0.5, 0.6) is 5.88 Å². The molecule has 3 rings (SSSR count). The van der Waals surface area contributed by atoms with Crippen molar-refractivity contribution < 1.29 is 4.74 Å². The summed E-state index contributed by atoms with van der Waals surface area (Å²) in [5, 5.41) is 3.38. The lowest BCUT2D eigenvalue weighted by Gasteiger charge is -2.22. The van der Waals surface area contributed by atoms with E-state index in [0.717, 1.165) is 42.1 Å². The first-order chi connectivity index (χ1) is 10.6. The number of piperidine rings is 1. The van der Waals surface area contributed by atoms with Crippen LogP contribution in [0.25, 0.3) is 11.0 Å². The average Bonchev–Trinajstić information content (AvgIpc) is 2.53. The first-order valence-electron chi connectivity index (χ1n) is 7.93. The van der Waals surface area contributed by atoms with Crippen LogP contribution in [0.15, 0.2) is 18.2 Å². The molecular weight excluding hydrogens is 276 g/mol. The van der Waals surface area contributed by atoms with Crippen molar-refractivity contribution in [3.63, 3.8) is 0 Å². The fourth-order valence-corrected chi connectivity index (χ4v) is 2.77. The highest BCUT2D eigenvalue weighted by Crippen LogP contribution is 2.23. The van der Waals surface area contributed by atoms with Crippen molar-refractivity contribution in [2.75, 3.05) is 38.7 Å². The maximum absolute atomic E-state index is 5.97. The van der Waals surface area contributed by atoms with E-state index in [0.29, 0.717) is 11.8 Å². The lowest BCUT2D eigenvalue weighted by atomic mass is 9.99. The molecule has 0 unspecified atom stereocenters. The minimum Gasteiger partial charge on any atom is -0.476 e. The van der Waals surface area contributed by atoms with Gasteiger partial charge in [-0.15, -0.1) is 0 Å². The Kier molecular flexibility index (Phi) is 4.43. The molecule has 0 spiro atoms. The van der Waals surface area contributed by atoms with Gasteiger partial charge < -0.3 is 15.0 Å². The summed E-state index contributed by atoms with van der Waals surface area (Å²) in [4.78, 5) is 11.4. The van der Waals surface area contributed by atoms with Crippen molar-refractivity contribution in [3.8, 4) is 5.88 Å². The van der Waals surface area contributed by atoms with Gasteiger partial charge in [-0.1, -0.05) is 0 Å². The minimum absolute atomic E-state index is 0.617. The van der Waals surface area contributed by atoms with Gasteiger partial charge in [0.1, 0.15) is 5.69 Å². The number of anilines is 1. The van der Waals surface area contributed by atoms with Gasteiger partial charge in [0.25, 0.3) is 0 Å². The number of ether oxygens (including phenoxy) is 1. The van der Waals surface area contributed by atoms with E-state index < -0.39 is 0 Å². The van der Waals surface area contributed by atoms with Crippen molar-refractivity contribution in [1.29, 1.82) is 0 Å². The van der Waals surface area contributed by atoms with E-state index in [2.05, 4.69) is 32.3 Å². The fourth-order valence-electron chi connectivity index (χ4n) is 2.77. The predicted octanol–water partition coefficient (Wildman–Crippen LogP) is 2.38. The summed E-state index contributed by atoms with van der Waals surface area (Å²) < 4.78 is 5.97. The summed E-state index contributed by atoms with van der Waals surface area (Å²) in [6.07, 6.45) is 2.34. The zero-order valence-corrected chi connectivity index (χ0v) is 13.6. The summed E-state index contributed by atoms with van der Waals surface area (Å²) in [5.74, 6) is 1.29. The first-order valence-corrected chi connectivity index (χ1v) is 7.93. The molecule has 1 aromatic heterocycles. The summed E-state index contributed by atoms with van der Waals surface area (Å²) >= 11 is 0. The van der Waals surface area contributed by atoms with Crippen LogP contribution in [-0.4, -0.2) is 43.8 Å². The molecule has 1 aliphatic heterocycles. The Bertz CT molecular complexity index is 650. The molecule has 0 radical (unpaired) electrons. The Balaban J connectivity index is 1.80. The lowest BCUT2D eigenvalue weighted by Crippen LogP contribution is -2.30.